The molecule has 0 spiro atoms. The normalized spacial score (nSPS) is 18.0. The van der Waals surface area contributed by atoms with Gasteiger partial charge in [0.25, 0.3) is 0 Å². The van der Waals surface area contributed by atoms with E-state index < -0.39 is 6.10 Å². The van der Waals surface area contributed by atoms with Crippen LogP contribution in [0.4, 0.5) is 0 Å². The van der Waals surface area contributed by atoms with Gasteiger partial charge in [-0.15, -0.1) is 0 Å². The average Bonchev–Trinajstić information content (AvgIpc) is 1.84. The minimum Gasteiger partial charge on any atom is -0.391 e. The summed E-state index contributed by atoms with van der Waals surface area (Å²) in [4.78, 5) is 0. The van der Waals surface area contributed by atoms with Gasteiger partial charge in [0.15, 0.2) is 0 Å². The van der Waals surface area contributed by atoms with Crippen molar-refractivity contribution in [1.82, 2.24) is 5.48 Å². The molecule has 0 fully saturated rings. The Morgan fingerprint density at radius 1 is 1.62 bits per heavy atom. The Morgan fingerprint density at radius 2 is 2.12 bits per heavy atom. The van der Waals surface area contributed by atoms with Crippen molar-refractivity contribution < 1.29 is 10.3 Å². The maximum absolute atomic E-state index is 8.90. The number of nitrogens with one attached hydrogen (secondary N) is 1. The van der Waals surface area contributed by atoms with Gasteiger partial charge in [-0.2, -0.15) is 0 Å². The Labute approximate surface area is 49.3 Å². The van der Waals surface area contributed by atoms with E-state index in [2.05, 4.69) is 0 Å². The molecule has 0 radical (unpaired) electrons. The largest absolute Gasteiger partial charge is 0.391 e. The standard InChI is InChI=1S/C5H13NO2/c1-3-5(7)4(2)6-8/h4-8H,3H2,1-2H3. The summed E-state index contributed by atoms with van der Waals surface area (Å²) < 4.78 is 0. The topological polar surface area (TPSA) is 52.5 Å². The molecule has 8 heavy (non-hydrogen) atoms. The number of rotatable bonds is 3. The van der Waals surface area contributed by atoms with Gasteiger partial charge in [0.05, 0.1) is 12.1 Å². The van der Waals surface area contributed by atoms with E-state index >= 15 is 0 Å². The maximum Gasteiger partial charge on any atom is 0.0710 e. The zero-order valence-electron chi connectivity index (χ0n) is 5.26. The highest BCUT2D eigenvalue weighted by molar-refractivity contribution is 4.63. The fraction of sp³-hybridized carbons (Fsp3) is 1.00. The van der Waals surface area contributed by atoms with E-state index in [0.29, 0.717) is 6.42 Å². The third-order valence-electron chi connectivity index (χ3n) is 1.20. The zero-order chi connectivity index (χ0) is 6.57. The highest BCUT2D eigenvalue weighted by Crippen LogP contribution is 1.94. The number of hydroxylamine groups is 1. The Morgan fingerprint density at radius 3 is 2.25 bits per heavy atom. The molecule has 0 saturated heterocycles. The third kappa shape index (κ3) is 2.26. The van der Waals surface area contributed by atoms with Crippen molar-refractivity contribution >= 4 is 0 Å². The Kier molecular flexibility index (Phi) is 3.77. The van der Waals surface area contributed by atoms with Crippen LogP contribution in [0.15, 0.2) is 0 Å². The van der Waals surface area contributed by atoms with Gasteiger partial charge in [-0.3, -0.25) is 0 Å². The number of hydrogen-bond acceptors (Lipinski definition) is 3. The van der Waals surface area contributed by atoms with Gasteiger partial charge in [-0.05, 0) is 13.3 Å². The molecule has 0 rings (SSSR count). The van der Waals surface area contributed by atoms with Crippen LogP contribution in [0, 0.1) is 0 Å². The van der Waals surface area contributed by atoms with E-state index in [4.69, 9.17) is 10.3 Å². The van der Waals surface area contributed by atoms with Crippen LogP contribution in [0.1, 0.15) is 20.3 Å². The first-order valence-corrected chi connectivity index (χ1v) is 2.80. The molecule has 0 aromatic rings. The van der Waals surface area contributed by atoms with E-state index in [1.54, 1.807) is 6.92 Å². The van der Waals surface area contributed by atoms with Crippen LogP contribution >= 0.6 is 0 Å². The van der Waals surface area contributed by atoms with E-state index in [-0.39, 0.29) is 6.04 Å². The number of hydrogen-bond donors (Lipinski definition) is 3. The molecule has 0 aromatic carbocycles. The van der Waals surface area contributed by atoms with Gasteiger partial charge < -0.3 is 10.3 Å². The van der Waals surface area contributed by atoms with Gasteiger partial charge in [-0.25, -0.2) is 5.48 Å². The second kappa shape index (κ2) is 3.83. The summed E-state index contributed by atoms with van der Waals surface area (Å²) in [5.74, 6) is 0. The highest BCUT2D eigenvalue weighted by atomic mass is 16.5. The number of aliphatic hydroxyl groups excluding tert-OH is 1. The van der Waals surface area contributed by atoms with Gasteiger partial charge in [0, 0.05) is 0 Å². The summed E-state index contributed by atoms with van der Waals surface area (Å²) in [6, 6.07) is -0.222. The van der Waals surface area contributed by atoms with Gasteiger partial charge >= 0.3 is 0 Å². The quantitative estimate of drug-likeness (QED) is 0.463. The summed E-state index contributed by atoms with van der Waals surface area (Å²) in [6.07, 6.45) is 0.217. The van der Waals surface area contributed by atoms with Crippen molar-refractivity contribution in [3.05, 3.63) is 0 Å². The van der Waals surface area contributed by atoms with Gasteiger partial charge in [0.1, 0.15) is 0 Å². The molecule has 3 nitrogen and oxygen atoms in total. The van der Waals surface area contributed by atoms with Gasteiger partial charge in [-0.1, -0.05) is 6.92 Å². The lowest BCUT2D eigenvalue weighted by atomic mass is 10.1. The monoisotopic (exact) mass is 119 g/mol. The van der Waals surface area contributed by atoms with Crippen LogP contribution < -0.4 is 5.48 Å². The highest BCUT2D eigenvalue weighted by Gasteiger charge is 2.08. The first-order valence-electron chi connectivity index (χ1n) is 2.80. The molecule has 0 amide bonds. The summed E-state index contributed by atoms with van der Waals surface area (Å²) in [7, 11) is 0. The van der Waals surface area contributed by atoms with E-state index in [0.717, 1.165) is 0 Å². The Bertz CT molecular complexity index is 50.4. The van der Waals surface area contributed by atoms with Crippen molar-refractivity contribution in [2.45, 2.75) is 32.4 Å². The number of aliphatic hydroxyl groups is 1. The molecular formula is C5H13NO2. The molecule has 50 valence electrons. The van der Waals surface area contributed by atoms with Crippen molar-refractivity contribution in [2.75, 3.05) is 0 Å². The second-order valence-electron chi connectivity index (χ2n) is 1.89. The molecule has 0 bridgehead atoms. The SMILES string of the molecule is CCC(O)C(C)NO. The second-order valence-corrected chi connectivity index (χ2v) is 1.89. The van der Waals surface area contributed by atoms with Crippen molar-refractivity contribution in [1.29, 1.82) is 0 Å². The lowest BCUT2D eigenvalue weighted by molar-refractivity contribution is 0.0460. The van der Waals surface area contributed by atoms with E-state index in [1.807, 2.05) is 12.4 Å². The summed E-state index contributed by atoms with van der Waals surface area (Å²) >= 11 is 0. The fourth-order valence-electron chi connectivity index (χ4n) is 0.440. The smallest absolute Gasteiger partial charge is 0.0710 e. The van der Waals surface area contributed by atoms with Crippen molar-refractivity contribution in [3.63, 3.8) is 0 Å². The van der Waals surface area contributed by atoms with Crippen LogP contribution in [-0.2, 0) is 0 Å². The summed E-state index contributed by atoms with van der Waals surface area (Å²) in [5, 5.41) is 17.1. The van der Waals surface area contributed by atoms with E-state index in [9.17, 15) is 0 Å². The first-order chi connectivity index (χ1) is 3.72. The molecule has 0 aliphatic rings. The Hall–Kier alpha value is -0.120. The average molecular weight is 119 g/mol. The molecule has 0 aromatic heterocycles. The van der Waals surface area contributed by atoms with E-state index in [1.165, 1.54) is 0 Å². The van der Waals surface area contributed by atoms with Crippen LogP contribution in [0.2, 0.25) is 0 Å². The molecule has 2 unspecified atom stereocenters. The molecule has 0 heterocycles. The lowest BCUT2D eigenvalue weighted by Crippen LogP contribution is -2.34. The minimum atomic E-state index is -0.444. The molecule has 3 heteroatoms. The third-order valence-corrected chi connectivity index (χ3v) is 1.20. The zero-order valence-corrected chi connectivity index (χ0v) is 5.26. The lowest BCUT2D eigenvalue weighted by Gasteiger charge is -2.13. The molecule has 2 atom stereocenters. The van der Waals surface area contributed by atoms with Crippen molar-refractivity contribution in [2.24, 2.45) is 0 Å². The maximum atomic E-state index is 8.90. The van der Waals surface area contributed by atoms with Crippen molar-refractivity contribution in [3.8, 4) is 0 Å². The molecular weight excluding hydrogens is 106 g/mol. The summed E-state index contributed by atoms with van der Waals surface area (Å²) in [5.41, 5.74) is 1.97. The Balaban J connectivity index is 3.29. The summed E-state index contributed by atoms with van der Waals surface area (Å²) in [6.45, 7) is 3.58. The molecule has 0 saturated carbocycles. The molecule has 0 aliphatic heterocycles. The first kappa shape index (κ1) is 7.88. The van der Waals surface area contributed by atoms with Crippen LogP contribution in [0.3, 0.4) is 0 Å². The fourth-order valence-corrected chi connectivity index (χ4v) is 0.440. The van der Waals surface area contributed by atoms with Crippen LogP contribution in [-0.4, -0.2) is 22.5 Å². The minimum absolute atomic E-state index is 0.222. The molecule has 0 aliphatic carbocycles. The predicted molar refractivity (Wildman–Crippen MR) is 30.7 cm³/mol. The molecule has 3 N–H and O–H groups in total. The van der Waals surface area contributed by atoms with Crippen LogP contribution in [0.25, 0.3) is 0 Å². The predicted octanol–water partition coefficient (Wildman–Crippen LogP) is 0.125. The van der Waals surface area contributed by atoms with Gasteiger partial charge in [0.2, 0.25) is 0 Å². The van der Waals surface area contributed by atoms with Crippen LogP contribution in [0.5, 0.6) is 0 Å².